The van der Waals surface area contributed by atoms with E-state index in [0.717, 1.165) is 33.4 Å². The number of nitrogens with one attached hydrogen (secondary N) is 2. The van der Waals surface area contributed by atoms with Crippen LogP contribution in [0.1, 0.15) is 24.1 Å². The molecule has 0 radical (unpaired) electrons. The number of hydrogen-bond donors (Lipinski definition) is 2. The number of aromatic nitrogens is 2. The number of rotatable bonds is 4. The Morgan fingerprint density at radius 3 is 2.81 bits per heavy atom. The Morgan fingerprint density at radius 1 is 1.12 bits per heavy atom. The van der Waals surface area contributed by atoms with Crippen LogP contribution in [0.3, 0.4) is 0 Å². The zero-order valence-corrected chi connectivity index (χ0v) is 18.5. The van der Waals surface area contributed by atoms with Crippen LogP contribution in [0.25, 0.3) is 22.2 Å². The topological polar surface area (TPSA) is 90.4 Å². The van der Waals surface area contributed by atoms with E-state index in [1.807, 2.05) is 61.7 Å². The molecule has 4 aromatic rings. The van der Waals surface area contributed by atoms with Crippen LogP contribution in [0.5, 0.6) is 0 Å². The number of hydrogen-bond acceptors (Lipinski definition) is 5. The molecule has 0 saturated carbocycles. The monoisotopic (exact) mass is 443 g/mol. The molecule has 2 aromatic carbocycles. The number of carbonyl (C=O) groups is 2. The maximum Gasteiger partial charge on any atom is 0.273 e. The van der Waals surface area contributed by atoms with Crippen molar-refractivity contribution in [1.82, 2.24) is 9.97 Å². The third-order valence-electron chi connectivity index (χ3n) is 5.42. The molecule has 160 valence electrons. The number of aryl methyl sites for hydroxylation is 2. The lowest BCUT2D eigenvalue weighted by atomic mass is 10.1. The molecule has 0 bridgehead atoms. The van der Waals surface area contributed by atoms with Crippen molar-refractivity contribution in [2.75, 3.05) is 10.3 Å². The lowest BCUT2D eigenvalue weighted by Crippen LogP contribution is -2.36. The molecule has 5 rings (SSSR count). The summed E-state index contributed by atoms with van der Waals surface area (Å²) in [5.41, 5.74) is 5.91. The fraction of sp³-hybridized carbons (Fsp3) is 0.167. The van der Waals surface area contributed by atoms with E-state index < -0.39 is 0 Å². The highest BCUT2D eigenvalue weighted by Gasteiger charge is 2.26. The third-order valence-corrected chi connectivity index (χ3v) is 6.17. The van der Waals surface area contributed by atoms with Crippen molar-refractivity contribution < 1.29 is 9.59 Å². The predicted octanol–water partition coefficient (Wildman–Crippen LogP) is 5.03. The van der Waals surface area contributed by atoms with Gasteiger partial charge in [-0.1, -0.05) is 30.3 Å². The van der Waals surface area contributed by atoms with E-state index in [0.29, 0.717) is 23.0 Å². The van der Waals surface area contributed by atoms with Gasteiger partial charge in [0.05, 0.1) is 11.4 Å². The van der Waals surface area contributed by atoms with Crippen LogP contribution in [-0.4, -0.2) is 27.5 Å². The molecule has 32 heavy (non-hydrogen) atoms. The van der Waals surface area contributed by atoms with Gasteiger partial charge in [-0.15, -0.1) is 11.3 Å². The Bertz CT molecular complexity index is 1380. The van der Waals surface area contributed by atoms with E-state index in [1.54, 1.807) is 0 Å². The van der Waals surface area contributed by atoms with Crippen LogP contribution >= 0.6 is 11.3 Å². The van der Waals surface area contributed by atoms with Gasteiger partial charge in [0.15, 0.2) is 5.13 Å². The summed E-state index contributed by atoms with van der Waals surface area (Å²) in [5, 5.41) is 12.0. The number of thiazole rings is 1. The number of nitrogens with zero attached hydrogens (tertiary/aromatic N) is 3. The van der Waals surface area contributed by atoms with Gasteiger partial charge < -0.3 is 4.98 Å². The number of anilines is 2. The van der Waals surface area contributed by atoms with Crippen LogP contribution in [0, 0.1) is 13.8 Å². The highest BCUT2D eigenvalue weighted by molar-refractivity contribution is 7.14. The number of amides is 2. The molecule has 0 spiro atoms. The van der Waals surface area contributed by atoms with Crippen molar-refractivity contribution in [3.05, 3.63) is 65.2 Å². The summed E-state index contributed by atoms with van der Waals surface area (Å²) in [6.45, 7) is 3.96. The van der Waals surface area contributed by atoms with Crippen LogP contribution in [0.4, 0.5) is 10.8 Å². The van der Waals surface area contributed by atoms with Gasteiger partial charge in [0.2, 0.25) is 5.91 Å². The molecule has 7 nitrogen and oxygen atoms in total. The smallest absolute Gasteiger partial charge is 0.273 e. The summed E-state index contributed by atoms with van der Waals surface area (Å²) in [6, 6.07) is 15.6. The highest BCUT2D eigenvalue weighted by atomic mass is 32.1. The summed E-state index contributed by atoms with van der Waals surface area (Å²) >= 11 is 1.36. The normalized spacial score (nSPS) is 14.0. The van der Waals surface area contributed by atoms with Crippen molar-refractivity contribution in [2.24, 2.45) is 5.10 Å². The Balaban J connectivity index is 1.39. The number of fused-ring (bicyclic) bond motifs is 1. The number of para-hydroxylation sites is 1. The minimum Gasteiger partial charge on any atom is -0.358 e. The molecular formula is C24H21N5O2S. The van der Waals surface area contributed by atoms with Gasteiger partial charge in [-0.3, -0.25) is 14.9 Å². The Hall–Kier alpha value is -3.78. The SMILES string of the molecule is Cc1cccc(N2N=C(C(=O)Nc3nc(-c4c(C)[nH]c5ccccc45)cs3)CCC2=O)c1. The highest BCUT2D eigenvalue weighted by Crippen LogP contribution is 2.34. The second-order valence-electron chi connectivity index (χ2n) is 7.75. The molecule has 2 N–H and O–H groups in total. The minimum absolute atomic E-state index is 0.126. The average Bonchev–Trinajstić information content (AvgIpc) is 3.36. The van der Waals surface area contributed by atoms with E-state index in [2.05, 4.69) is 26.5 Å². The number of H-pyrrole nitrogens is 1. The van der Waals surface area contributed by atoms with E-state index in [-0.39, 0.29) is 18.2 Å². The lowest BCUT2D eigenvalue weighted by Gasteiger charge is -2.23. The summed E-state index contributed by atoms with van der Waals surface area (Å²) in [6.07, 6.45) is 0.532. The van der Waals surface area contributed by atoms with Crippen molar-refractivity contribution >= 4 is 50.6 Å². The molecule has 3 heterocycles. The van der Waals surface area contributed by atoms with Gasteiger partial charge >= 0.3 is 0 Å². The van der Waals surface area contributed by atoms with Gasteiger partial charge in [0, 0.05) is 40.4 Å². The third kappa shape index (κ3) is 3.69. The minimum atomic E-state index is -0.341. The summed E-state index contributed by atoms with van der Waals surface area (Å²) < 4.78 is 0. The molecule has 0 saturated heterocycles. The van der Waals surface area contributed by atoms with Crippen molar-refractivity contribution in [2.45, 2.75) is 26.7 Å². The molecular weight excluding hydrogens is 422 g/mol. The second-order valence-corrected chi connectivity index (χ2v) is 8.61. The first-order chi connectivity index (χ1) is 15.5. The number of hydrazone groups is 1. The van der Waals surface area contributed by atoms with Gasteiger partial charge in [0.25, 0.3) is 5.91 Å². The van der Waals surface area contributed by atoms with Crippen molar-refractivity contribution in [1.29, 1.82) is 0 Å². The number of carbonyl (C=O) groups excluding carboxylic acids is 2. The molecule has 2 aromatic heterocycles. The standard InChI is InChI=1S/C24H21N5O2S/c1-14-6-5-7-16(12-14)29-21(30)11-10-19(28-29)23(31)27-24-26-20(13-32-24)22-15(2)25-18-9-4-3-8-17(18)22/h3-9,12-13,25H,10-11H2,1-2H3,(H,26,27,31). The lowest BCUT2D eigenvalue weighted by molar-refractivity contribution is -0.118. The molecule has 1 aliphatic rings. The van der Waals surface area contributed by atoms with Crippen LogP contribution in [0.15, 0.2) is 59.0 Å². The predicted molar refractivity (Wildman–Crippen MR) is 128 cm³/mol. The fourth-order valence-electron chi connectivity index (χ4n) is 3.90. The zero-order valence-electron chi connectivity index (χ0n) is 17.7. The Labute approximate surface area is 188 Å². The van der Waals surface area contributed by atoms with Gasteiger partial charge in [0.1, 0.15) is 5.71 Å². The molecule has 8 heteroatoms. The molecule has 2 amide bonds. The average molecular weight is 444 g/mol. The first-order valence-electron chi connectivity index (χ1n) is 10.3. The van der Waals surface area contributed by atoms with Crippen molar-refractivity contribution in [3.63, 3.8) is 0 Å². The van der Waals surface area contributed by atoms with E-state index >= 15 is 0 Å². The first-order valence-corrected chi connectivity index (χ1v) is 11.2. The maximum atomic E-state index is 12.9. The second kappa shape index (κ2) is 8.05. The Kier molecular flexibility index (Phi) is 5.07. The van der Waals surface area contributed by atoms with Crippen LogP contribution < -0.4 is 10.3 Å². The maximum absolute atomic E-state index is 12.9. The van der Waals surface area contributed by atoms with Gasteiger partial charge in [-0.25, -0.2) is 9.99 Å². The van der Waals surface area contributed by atoms with Gasteiger partial charge in [-0.2, -0.15) is 5.10 Å². The summed E-state index contributed by atoms with van der Waals surface area (Å²) in [7, 11) is 0. The molecule has 0 atom stereocenters. The van der Waals surface area contributed by atoms with Gasteiger partial charge in [-0.05, 0) is 37.6 Å². The van der Waals surface area contributed by atoms with Crippen molar-refractivity contribution in [3.8, 4) is 11.3 Å². The largest absolute Gasteiger partial charge is 0.358 e. The fourth-order valence-corrected chi connectivity index (χ4v) is 4.60. The molecule has 0 aliphatic carbocycles. The summed E-state index contributed by atoms with van der Waals surface area (Å²) in [5.74, 6) is -0.467. The van der Waals surface area contributed by atoms with E-state index in [9.17, 15) is 9.59 Å². The number of aromatic amines is 1. The van der Waals surface area contributed by atoms with E-state index in [4.69, 9.17) is 0 Å². The Morgan fingerprint density at radius 2 is 1.97 bits per heavy atom. The molecule has 1 aliphatic heterocycles. The summed E-state index contributed by atoms with van der Waals surface area (Å²) in [4.78, 5) is 33.3. The van der Waals surface area contributed by atoms with Crippen LogP contribution in [0.2, 0.25) is 0 Å². The quantitative estimate of drug-likeness (QED) is 0.463. The first kappa shape index (κ1) is 20.1. The zero-order chi connectivity index (χ0) is 22.2. The molecule has 0 fully saturated rings. The van der Waals surface area contributed by atoms with Crippen LogP contribution in [-0.2, 0) is 9.59 Å². The number of benzene rings is 2. The van der Waals surface area contributed by atoms with E-state index in [1.165, 1.54) is 16.3 Å². The molecule has 0 unspecified atom stereocenters.